The lowest BCUT2D eigenvalue weighted by atomic mass is 10.1. The molecule has 8 rings (SSSR count). The van der Waals surface area contributed by atoms with Crippen molar-refractivity contribution < 1.29 is 33.3 Å². The van der Waals surface area contributed by atoms with Crippen LogP contribution in [-0.2, 0) is 19.3 Å². The Morgan fingerprint density at radius 2 is 1.13 bits per heavy atom. The molecule has 0 spiro atoms. The maximum absolute atomic E-state index is 11.1. The summed E-state index contributed by atoms with van der Waals surface area (Å²) in [4.78, 5) is 90.4. The fourth-order valence-electron chi connectivity index (χ4n) is 5.25. The Balaban J connectivity index is 0. The number of nitrogens with one attached hydrogen (secondary N) is 9. The van der Waals surface area contributed by atoms with Crippen LogP contribution in [0.4, 0.5) is 0 Å². The van der Waals surface area contributed by atoms with Crippen molar-refractivity contribution in [3.05, 3.63) is 137 Å². The van der Waals surface area contributed by atoms with Crippen LogP contribution in [0.5, 0.6) is 5.75 Å². The van der Waals surface area contributed by atoms with E-state index in [9.17, 15) is 28.8 Å². The number of aliphatic imine (C=N–C) groups is 3. The van der Waals surface area contributed by atoms with E-state index >= 15 is 0 Å². The number of hydroxylamine groups is 2. The van der Waals surface area contributed by atoms with Gasteiger partial charge in [0.05, 0.1) is 6.26 Å². The first-order valence-corrected chi connectivity index (χ1v) is 30.5. The summed E-state index contributed by atoms with van der Waals surface area (Å²) in [6, 6.07) is 3.11. The molecule has 0 aliphatic carbocycles. The van der Waals surface area contributed by atoms with Crippen molar-refractivity contribution in [1.29, 1.82) is 0 Å². The molecule has 10 N–H and O–H groups in total. The first kappa shape index (κ1) is 81.3. The zero-order chi connectivity index (χ0) is 67.3. The Bertz CT molecular complexity index is 2950. The fraction of sp³-hybridized carbons (Fsp3) is 0.552. The number of H-pyrrole nitrogens is 4. The van der Waals surface area contributed by atoms with Gasteiger partial charge in [0.1, 0.15) is 52.4 Å². The van der Waals surface area contributed by atoms with Crippen molar-refractivity contribution in [2.45, 2.75) is 168 Å². The average Bonchev–Trinajstić information content (AvgIpc) is 4.29. The van der Waals surface area contributed by atoms with Crippen molar-refractivity contribution in [3.8, 4) is 5.75 Å². The van der Waals surface area contributed by atoms with Gasteiger partial charge in [-0.1, -0.05) is 157 Å². The molecule has 0 bridgehead atoms. The molecule has 87 heavy (non-hydrogen) atoms. The second-order valence-corrected chi connectivity index (χ2v) is 24.0. The van der Waals surface area contributed by atoms with Crippen molar-refractivity contribution in [2.24, 2.45) is 44.6 Å². The van der Waals surface area contributed by atoms with E-state index in [-0.39, 0.29) is 69.3 Å². The van der Waals surface area contributed by atoms with Gasteiger partial charge in [0, 0.05) is 108 Å². The predicted molar refractivity (Wildman–Crippen MR) is 352 cm³/mol. The summed E-state index contributed by atoms with van der Waals surface area (Å²) < 4.78 is 21.6. The number of hydrogen-bond donors (Lipinski definition) is 10. The maximum Gasteiger partial charge on any atom is 0.281 e. The molecular weight excluding hydrogens is 1180 g/mol. The molecule has 3 aliphatic rings. The van der Waals surface area contributed by atoms with E-state index in [0.717, 1.165) is 51.2 Å². The van der Waals surface area contributed by atoms with Gasteiger partial charge in [0.2, 0.25) is 29.0 Å². The molecule has 5 aromatic rings. The van der Waals surface area contributed by atoms with Crippen molar-refractivity contribution in [3.63, 3.8) is 0 Å². The van der Waals surface area contributed by atoms with Crippen LogP contribution in [0.2, 0.25) is 0 Å². The number of nitrogens with zero attached hydrogens (tertiary/aromatic N) is 6. The molecule has 0 fully saturated rings. The summed E-state index contributed by atoms with van der Waals surface area (Å²) in [5, 5.41) is 23.6. The fourth-order valence-corrected chi connectivity index (χ4v) is 7.20. The second kappa shape index (κ2) is 43.8. The van der Waals surface area contributed by atoms with Crippen LogP contribution in [0.3, 0.4) is 0 Å². The van der Waals surface area contributed by atoms with Crippen LogP contribution in [-0.4, -0.2) is 82.0 Å². The normalized spacial score (nSPS) is 12.5. The average molecular weight is 1280 g/mol. The lowest BCUT2D eigenvalue weighted by Gasteiger charge is -2.01. The van der Waals surface area contributed by atoms with Crippen LogP contribution in [0, 0.1) is 29.6 Å². The molecule has 0 atom stereocenters. The lowest BCUT2D eigenvalue weighted by Crippen LogP contribution is -2.22. The quantitative estimate of drug-likeness (QED) is 0.0581. The molecule has 2 amide bonds. The topological polar surface area (TPSA) is 366 Å². The van der Waals surface area contributed by atoms with Gasteiger partial charge in [-0.25, -0.2) is 20.9 Å². The van der Waals surface area contributed by atoms with Crippen LogP contribution < -0.4 is 48.4 Å². The molecule has 29 heteroatoms. The number of aromatic hydroxyl groups is 1. The van der Waals surface area contributed by atoms with Gasteiger partial charge in [-0.2, -0.15) is 24.6 Å². The minimum atomic E-state index is -0.341. The number of hydrogen-bond acceptors (Lipinski definition) is 23. The van der Waals surface area contributed by atoms with Gasteiger partial charge in [0.15, 0.2) is 5.75 Å². The van der Waals surface area contributed by atoms with Crippen LogP contribution in [0.25, 0.3) is 0 Å². The number of aromatic nitrogens is 7. The molecular formula is C58H97N15O11S3. The van der Waals surface area contributed by atoms with Crippen molar-refractivity contribution >= 4 is 64.5 Å². The summed E-state index contributed by atoms with van der Waals surface area (Å²) in [6.07, 6.45) is 3.93. The van der Waals surface area contributed by atoms with Gasteiger partial charge in [-0.05, 0) is 25.0 Å². The minimum absolute atomic E-state index is 0.0173. The number of carbonyl (C=O) groups is 2. The minimum Gasteiger partial charge on any atom is -0.502 e. The number of amides is 2. The zero-order valence-corrected chi connectivity index (χ0v) is 57.2. The number of rotatable bonds is 10. The number of carbonyl (C=O) groups excluding carboxylic acids is 2. The highest BCUT2D eigenvalue weighted by Crippen LogP contribution is 2.20. The summed E-state index contributed by atoms with van der Waals surface area (Å²) in [6.45, 7) is 50.4. The summed E-state index contributed by atoms with van der Waals surface area (Å²) in [7, 11) is 3.28. The van der Waals surface area contributed by atoms with E-state index in [0.29, 0.717) is 58.4 Å². The lowest BCUT2D eigenvalue weighted by molar-refractivity contribution is -0.124. The van der Waals surface area contributed by atoms with Crippen molar-refractivity contribution in [1.82, 2.24) is 59.8 Å². The van der Waals surface area contributed by atoms with Crippen molar-refractivity contribution in [2.75, 3.05) is 14.1 Å². The molecule has 26 nitrogen and oxygen atoms in total. The Kier molecular flexibility index (Phi) is 40.9. The third-order valence-corrected chi connectivity index (χ3v) is 12.8. The van der Waals surface area contributed by atoms with Gasteiger partial charge in [0.25, 0.3) is 16.7 Å². The first-order valence-electron chi connectivity index (χ1n) is 28.1. The van der Waals surface area contributed by atoms with E-state index in [2.05, 4.69) is 136 Å². The van der Waals surface area contributed by atoms with Gasteiger partial charge >= 0.3 is 0 Å². The van der Waals surface area contributed by atoms with E-state index in [1.54, 1.807) is 20.2 Å². The van der Waals surface area contributed by atoms with Gasteiger partial charge in [-0.15, -0.1) is 0 Å². The van der Waals surface area contributed by atoms with E-state index in [1.165, 1.54) is 42.1 Å². The second-order valence-electron chi connectivity index (χ2n) is 21.7. The highest BCUT2D eigenvalue weighted by molar-refractivity contribution is 8.02. The monoisotopic (exact) mass is 1280 g/mol. The summed E-state index contributed by atoms with van der Waals surface area (Å²) >= 11 is 4.01. The molecule has 0 unspecified atom stereocenters. The highest BCUT2D eigenvalue weighted by Gasteiger charge is 2.15. The van der Waals surface area contributed by atoms with E-state index in [1.807, 2.05) is 96.9 Å². The number of amidine groups is 3. The number of aromatic amines is 4. The van der Waals surface area contributed by atoms with Crippen LogP contribution >= 0.6 is 35.2 Å². The highest BCUT2D eigenvalue weighted by atomic mass is 32.2. The Morgan fingerprint density at radius 3 is 1.32 bits per heavy atom. The molecule has 8 heterocycles. The summed E-state index contributed by atoms with van der Waals surface area (Å²) in [5.41, 5.74) is 5.92. The first-order chi connectivity index (χ1) is 40.5. The van der Waals surface area contributed by atoms with Crippen LogP contribution in [0.15, 0.2) is 111 Å². The molecule has 3 aliphatic heterocycles. The van der Waals surface area contributed by atoms with Gasteiger partial charge in [-0.3, -0.25) is 42.6 Å². The molecule has 0 saturated heterocycles. The SMILES string of the molecule is C=C1N=C(C(C)C)NO1.C=C1N=C(C(C)C)NO1.C=C1N=C(C(C)C)NS1.CC(C)c1cc(=O)[nH]o1.CC(C)c1cc(=O)[nH]s1.CC(C)c1cocc(O)c1=O.CC(C)c1ncn[nH]1.CC(C)c1ns[nH]c1=O.CNC(=O)C(C)C.CNC(=O)C(C)C. The van der Waals surface area contributed by atoms with Gasteiger partial charge < -0.3 is 39.1 Å². The smallest absolute Gasteiger partial charge is 0.281 e. The molecule has 5 aromatic heterocycles. The van der Waals surface area contributed by atoms with Crippen LogP contribution in [0.1, 0.15) is 196 Å². The third kappa shape index (κ3) is 36.1. The largest absolute Gasteiger partial charge is 0.502 e. The Hall–Kier alpha value is -7.79. The predicted octanol–water partition coefficient (Wildman–Crippen LogP) is 10.6. The molecule has 488 valence electrons. The molecule has 0 radical (unpaired) electrons. The van der Waals surface area contributed by atoms with E-state index in [4.69, 9.17) is 23.7 Å². The maximum atomic E-state index is 11.1. The standard InChI is InChI=1S/C8H10O3.2C6H10N2O.C6H10N2S.C6H9NO2.C6H9NOS.C5H9N3.C5H8N2OS.2C5H11NO/c1-5(2)6-3-11-4-7(9)8(6)10;3*1-4(2)6-7-5(3)9-8-6;2*1-4(2)5-3-6(8)7-9-5;1-4(2)5-6-3-7-8-5;1-3(2)4-5(8)7-9-6-4;2*1-4(2)5(7)6-3/h3-5,9H,1-2H3;3*4H,3H2,1-2H3,(H,7,8);2*3-4H,1-2H3,(H,7,8);3-4H,1-2H3,(H,6,7,8);3H,1-2H3,(H,7,8);2*4H,1-3H3,(H,6,7). The summed E-state index contributed by atoms with van der Waals surface area (Å²) in [5.74, 6) is 8.14. The van der Waals surface area contributed by atoms with E-state index < -0.39 is 0 Å². The third-order valence-electron chi connectivity index (χ3n) is 10.5. The zero-order valence-electron chi connectivity index (χ0n) is 54.7. The Morgan fingerprint density at radius 1 is 0.609 bits per heavy atom. The molecule has 0 saturated carbocycles. The Labute approximate surface area is 524 Å². The molecule has 0 aromatic carbocycles.